The van der Waals surface area contributed by atoms with Crippen LogP contribution in [-0.2, 0) is 20.7 Å². The zero-order valence-corrected chi connectivity index (χ0v) is 22.6. The SMILES string of the molecule is COC(=O)NCCCc1cc([C@@H](C)N(C(=O)[C@H]2CNCCO2)C2CC2)sc1-c1ccccc1C1=NN=NC1. The Morgan fingerprint density at radius 1 is 1.29 bits per heavy atom. The molecule has 38 heavy (non-hydrogen) atoms. The van der Waals surface area contributed by atoms with Gasteiger partial charge in [0.15, 0.2) is 0 Å². The van der Waals surface area contributed by atoms with E-state index in [1.165, 1.54) is 12.7 Å². The van der Waals surface area contributed by atoms with Crippen LogP contribution in [0.5, 0.6) is 0 Å². The van der Waals surface area contributed by atoms with Crippen LogP contribution in [0.4, 0.5) is 4.79 Å². The summed E-state index contributed by atoms with van der Waals surface area (Å²) >= 11 is 1.72. The minimum absolute atomic E-state index is 0.0647. The summed E-state index contributed by atoms with van der Waals surface area (Å²) < 4.78 is 10.5. The molecule has 3 aliphatic rings. The van der Waals surface area contributed by atoms with Gasteiger partial charge in [0, 0.05) is 46.6 Å². The van der Waals surface area contributed by atoms with Crippen molar-refractivity contribution in [2.24, 2.45) is 15.4 Å². The molecule has 1 saturated heterocycles. The van der Waals surface area contributed by atoms with E-state index in [1.807, 2.05) is 17.0 Å². The average molecular weight is 539 g/mol. The zero-order valence-electron chi connectivity index (χ0n) is 21.8. The van der Waals surface area contributed by atoms with Gasteiger partial charge in [-0.15, -0.1) is 16.4 Å². The Labute approximate surface area is 226 Å². The Morgan fingerprint density at radius 2 is 2.11 bits per heavy atom. The Bertz CT molecular complexity index is 1220. The number of nitrogens with one attached hydrogen (secondary N) is 2. The predicted octanol–water partition coefficient (Wildman–Crippen LogP) is 3.91. The second kappa shape index (κ2) is 12.1. The highest BCUT2D eigenvalue weighted by molar-refractivity contribution is 7.15. The molecule has 1 aromatic carbocycles. The molecule has 2 aliphatic heterocycles. The molecule has 11 heteroatoms. The van der Waals surface area contributed by atoms with E-state index < -0.39 is 12.2 Å². The van der Waals surface area contributed by atoms with E-state index in [-0.39, 0.29) is 18.0 Å². The second-order valence-electron chi connectivity index (χ2n) is 9.72. The number of carbonyl (C=O) groups excluding carboxylic acids is 2. The fraction of sp³-hybridized carbons (Fsp3) is 0.519. The first-order valence-corrected chi connectivity index (χ1v) is 14.0. The Hall–Kier alpha value is -3.15. The Balaban J connectivity index is 1.45. The third-order valence-electron chi connectivity index (χ3n) is 7.06. The van der Waals surface area contributed by atoms with Crippen LogP contribution in [0.2, 0.25) is 0 Å². The molecule has 2 amide bonds. The number of morpholine rings is 1. The average Bonchev–Trinajstić information content (AvgIpc) is 3.45. The summed E-state index contributed by atoms with van der Waals surface area (Å²) in [5, 5.41) is 18.2. The van der Waals surface area contributed by atoms with Gasteiger partial charge in [0.2, 0.25) is 0 Å². The van der Waals surface area contributed by atoms with Crippen molar-refractivity contribution in [3.63, 3.8) is 0 Å². The normalized spacial score (nSPS) is 19.6. The molecule has 202 valence electrons. The number of hydrogen-bond acceptors (Lipinski definition) is 9. The number of amides is 2. The Kier molecular flexibility index (Phi) is 8.45. The lowest BCUT2D eigenvalue weighted by Gasteiger charge is -2.33. The van der Waals surface area contributed by atoms with E-state index in [0.29, 0.717) is 26.2 Å². The smallest absolute Gasteiger partial charge is 0.406 e. The van der Waals surface area contributed by atoms with E-state index in [2.05, 4.69) is 51.2 Å². The molecule has 0 unspecified atom stereocenters. The van der Waals surface area contributed by atoms with E-state index in [1.54, 1.807) is 11.3 Å². The highest BCUT2D eigenvalue weighted by Gasteiger charge is 2.40. The van der Waals surface area contributed by atoms with E-state index in [9.17, 15) is 9.59 Å². The highest BCUT2D eigenvalue weighted by atomic mass is 32.1. The molecule has 10 nitrogen and oxygen atoms in total. The van der Waals surface area contributed by atoms with E-state index >= 15 is 0 Å². The third kappa shape index (κ3) is 5.95. The summed E-state index contributed by atoms with van der Waals surface area (Å²) in [7, 11) is 1.36. The summed E-state index contributed by atoms with van der Waals surface area (Å²) in [6, 6.07) is 10.6. The van der Waals surface area contributed by atoms with Crippen molar-refractivity contribution in [2.75, 3.05) is 39.9 Å². The van der Waals surface area contributed by atoms with Gasteiger partial charge in [0.05, 0.1) is 25.5 Å². The topological polar surface area (TPSA) is 117 Å². The molecule has 1 saturated carbocycles. The number of hydrogen-bond donors (Lipinski definition) is 2. The monoisotopic (exact) mass is 538 g/mol. The predicted molar refractivity (Wildman–Crippen MR) is 146 cm³/mol. The first-order chi connectivity index (χ1) is 18.6. The van der Waals surface area contributed by atoms with Crippen molar-refractivity contribution >= 4 is 29.0 Å². The summed E-state index contributed by atoms with van der Waals surface area (Å²) in [5.74, 6) is 0.0647. The van der Waals surface area contributed by atoms with Crippen LogP contribution >= 0.6 is 11.3 Å². The minimum atomic E-state index is -0.441. The van der Waals surface area contributed by atoms with Crippen LogP contribution in [0, 0.1) is 0 Å². The number of carbonyl (C=O) groups is 2. The second-order valence-corrected chi connectivity index (χ2v) is 10.8. The summed E-state index contributed by atoms with van der Waals surface area (Å²) in [4.78, 5) is 29.4. The van der Waals surface area contributed by atoms with Crippen LogP contribution < -0.4 is 10.6 Å². The van der Waals surface area contributed by atoms with Crippen LogP contribution in [0.3, 0.4) is 0 Å². The lowest BCUT2D eigenvalue weighted by Crippen LogP contribution is -2.50. The number of benzene rings is 1. The van der Waals surface area contributed by atoms with Crippen LogP contribution in [0.1, 0.15) is 48.2 Å². The maximum atomic E-state index is 13.6. The number of thiophene rings is 1. The standard InChI is InChI=1S/C27H34N6O4S/c1-17(33(19-9-10-19)26(34)23-16-28-12-13-37-23)24-14-18(6-5-11-29-27(35)36-2)25(38-24)21-8-4-3-7-20(21)22-15-30-32-31-22/h3-4,7-8,14,17,19,23,28H,5-6,9-13,15-16H2,1-2H3,(H,29,35)/t17-,23-/m1/s1. The maximum absolute atomic E-state index is 13.6. The first kappa shape index (κ1) is 26.5. The Morgan fingerprint density at radius 3 is 2.79 bits per heavy atom. The molecule has 2 fully saturated rings. The van der Waals surface area contributed by atoms with Gasteiger partial charge in [-0.3, -0.25) is 4.79 Å². The first-order valence-electron chi connectivity index (χ1n) is 13.2. The van der Waals surface area contributed by atoms with Gasteiger partial charge in [0.1, 0.15) is 12.6 Å². The van der Waals surface area contributed by atoms with Gasteiger partial charge in [-0.25, -0.2) is 4.79 Å². The fourth-order valence-corrected chi connectivity index (χ4v) is 6.27. The van der Waals surface area contributed by atoms with Crippen LogP contribution in [-0.4, -0.2) is 74.7 Å². The van der Waals surface area contributed by atoms with Gasteiger partial charge in [-0.2, -0.15) is 5.11 Å². The van der Waals surface area contributed by atoms with Gasteiger partial charge in [0.25, 0.3) is 5.91 Å². The molecule has 0 bridgehead atoms. The highest BCUT2D eigenvalue weighted by Crippen LogP contribution is 2.42. The summed E-state index contributed by atoms with van der Waals surface area (Å²) in [6.45, 7) is 4.97. The lowest BCUT2D eigenvalue weighted by atomic mass is 9.97. The molecule has 2 aromatic rings. The molecule has 1 aliphatic carbocycles. The summed E-state index contributed by atoms with van der Waals surface area (Å²) in [5.41, 5.74) is 4.13. The van der Waals surface area contributed by atoms with Crippen molar-refractivity contribution < 1.29 is 19.1 Å². The van der Waals surface area contributed by atoms with Crippen LogP contribution in [0.25, 0.3) is 10.4 Å². The zero-order chi connectivity index (χ0) is 26.5. The molecule has 5 rings (SSSR count). The molecule has 0 radical (unpaired) electrons. The third-order valence-corrected chi connectivity index (χ3v) is 8.45. The van der Waals surface area contributed by atoms with Crippen molar-refractivity contribution in [1.82, 2.24) is 15.5 Å². The largest absolute Gasteiger partial charge is 0.453 e. The van der Waals surface area contributed by atoms with Crippen molar-refractivity contribution in [3.8, 4) is 10.4 Å². The minimum Gasteiger partial charge on any atom is -0.453 e. The number of aryl methyl sites for hydroxylation is 1. The number of nitrogens with zero attached hydrogens (tertiary/aromatic N) is 4. The maximum Gasteiger partial charge on any atom is 0.406 e. The quantitative estimate of drug-likeness (QED) is 0.445. The molecular formula is C27H34N6O4S. The lowest BCUT2D eigenvalue weighted by molar-refractivity contribution is -0.148. The number of methoxy groups -OCH3 is 1. The van der Waals surface area contributed by atoms with Gasteiger partial charge in [-0.05, 0) is 49.5 Å². The summed E-state index contributed by atoms with van der Waals surface area (Å²) in [6.07, 6.45) is 2.70. The number of ether oxygens (including phenoxy) is 2. The number of alkyl carbamates (subject to hydrolysis) is 1. The van der Waals surface area contributed by atoms with Crippen molar-refractivity contribution in [3.05, 3.63) is 46.3 Å². The van der Waals surface area contributed by atoms with E-state index in [4.69, 9.17) is 9.47 Å². The van der Waals surface area contributed by atoms with E-state index in [0.717, 1.165) is 58.8 Å². The van der Waals surface area contributed by atoms with Gasteiger partial charge in [-0.1, -0.05) is 24.3 Å². The fourth-order valence-electron chi connectivity index (χ4n) is 4.97. The van der Waals surface area contributed by atoms with Crippen molar-refractivity contribution in [1.29, 1.82) is 0 Å². The molecule has 2 N–H and O–H groups in total. The molecular weight excluding hydrogens is 504 g/mol. The molecule has 1 aromatic heterocycles. The van der Waals surface area contributed by atoms with Crippen molar-refractivity contribution in [2.45, 2.75) is 50.8 Å². The van der Waals surface area contributed by atoms with Gasteiger partial charge >= 0.3 is 6.09 Å². The molecule has 3 heterocycles. The van der Waals surface area contributed by atoms with Crippen LogP contribution in [0.15, 0.2) is 45.8 Å². The number of rotatable bonds is 10. The van der Waals surface area contributed by atoms with Gasteiger partial charge < -0.3 is 25.0 Å². The molecule has 0 spiro atoms. The molecule has 2 atom stereocenters.